The van der Waals surface area contributed by atoms with Gasteiger partial charge in [0.2, 0.25) is 5.82 Å². The number of aromatic amines is 1. The van der Waals surface area contributed by atoms with Gasteiger partial charge in [-0.15, -0.1) is 0 Å². The van der Waals surface area contributed by atoms with Crippen molar-refractivity contribution in [3.63, 3.8) is 0 Å². The molecule has 102 valence electrons. The molecule has 0 amide bonds. The Bertz CT molecular complexity index is 498. The Kier molecular flexibility index (Phi) is 5.20. The number of halogens is 1. The quantitative estimate of drug-likeness (QED) is 0.631. The highest BCUT2D eigenvalue weighted by atomic mass is 19.1. The van der Waals surface area contributed by atoms with Gasteiger partial charge in [0.25, 0.3) is 5.56 Å². The van der Waals surface area contributed by atoms with E-state index in [2.05, 4.69) is 0 Å². The van der Waals surface area contributed by atoms with Crippen molar-refractivity contribution >= 4 is 0 Å². The first-order valence-electron chi connectivity index (χ1n) is 5.34. The van der Waals surface area contributed by atoms with Crippen molar-refractivity contribution in [1.29, 1.82) is 0 Å². The molecule has 7 nitrogen and oxygen atoms in total. The smallest absolute Gasteiger partial charge is 0.330 e. The molecule has 0 radical (unpaired) electrons. The van der Waals surface area contributed by atoms with Crippen LogP contribution >= 0.6 is 0 Å². The second kappa shape index (κ2) is 6.43. The average Bonchev–Trinajstić information content (AvgIpc) is 2.85. The summed E-state index contributed by atoms with van der Waals surface area (Å²) in [6, 6.07) is 0. The minimum Gasteiger partial charge on any atom is -0.400 e. The van der Waals surface area contributed by atoms with Crippen LogP contribution < -0.4 is 11.2 Å². The minimum atomic E-state index is -1.04. The Labute approximate surface area is 101 Å². The monoisotopic (exact) mass is 262 g/mol. The fraction of sp³-hybridized carbons (Fsp3) is 0.600. The molecule has 0 spiro atoms. The highest BCUT2D eigenvalue weighted by Crippen LogP contribution is 2.26. The largest absolute Gasteiger partial charge is 0.400 e. The first-order chi connectivity index (χ1) is 8.61. The lowest BCUT2D eigenvalue weighted by Crippen LogP contribution is -2.34. The standard InChI is InChI=1S/C9H11FN2O4.CH4O/c10-6-3-12(9(15)11-8(6)14)7-2-1-5(4-13)16-7;1-2/h3,5,7,13H,1-2,4H2,(H,11,14,15);2H,1H3/t5-,7+;/m0./s1. The van der Waals surface area contributed by atoms with Crippen molar-refractivity contribution in [2.75, 3.05) is 13.7 Å². The second-order valence-electron chi connectivity index (χ2n) is 3.62. The highest BCUT2D eigenvalue weighted by molar-refractivity contribution is 4.89. The van der Waals surface area contributed by atoms with Crippen LogP contribution in [0.25, 0.3) is 0 Å². The minimum absolute atomic E-state index is 0.142. The fourth-order valence-electron chi connectivity index (χ4n) is 1.70. The molecule has 1 aromatic heterocycles. The fourth-order valence-corrected chi connectivity index (χ4v) is 1.70. The van der Waals surface area contributed by atoms with E-state index in [1.165, 1.54) is 0 Å². The number of nitrogens with one attached hydrogen (secondary N) is 1. The number of hydrogen-bond acceptors (Lipinski definition) is 5. The predicted octanol–water partition coefficient (Wildman–Crippen LogP) is -1.05. The Hall–Kier alpha value is -1.51. The maximum absolute atomic E-state index is 13.0. The van der Waals surface area contributed by atoms with E-state index in [0.29, 0.717) is 12.8 Å². The summed E-state index contributed by atoms with van der Waals surface area (Å²) in [6.45, 7) is -0.142. The van der Waals surface area contributed by atoms with E-state index in [-0.39, 0.29) is 12.7 Å². The third-order valence-corrected chi connectivity index (χ3v) is 2.52. The predicted molar refractivity (Wildman–Crippen MR) is 59.7 cm³/mol. The summed E-state index contributed by atoms with van der Waals surface area (Å²) >= 11 is 0. The molecular formula is C10H15FN2O5. The summed E-state index contributed by atoms with van der Waals surface area (Å²) < 4.78 is 19.3. The van der Waals surface area contributed by atoms with Gasteiger partial charge in [-0.3, -0.25) is 14.3 Å². The second-order valence-corrected chi connectivity index (χ2v) is 3.62. The molecule has 3 N–H and O–H groups in total. The molecule has 0 aliphatic carbocycles. The topological polar surface area (TPSA) is 105 Å². The van der Waals surface area contributed by atoms with Gasteiger partial charge in [-0.1, -0.05) is 0 Å². The van der Waals surface area contributed by atoms with E-state index in [0.717, 1.165) is 17.9 Å². The van der Waals surface area contributed by atoms with Crippen LogP contribution in [0, 0.1) is 5.82 Å². The van der Waals surface area contributed by atoms with Crippen molar-refractivity contribution in [1.82, 2.24) is 9.55 Å². The summed E-state index contributed by atoms with van der Waals surface area (Å²) in [5.41, 5.74) is -1.76. The van der Waals surface area contributed by atoms with E-state index < -0.39 is 23.3 Å². The van der Waals surface area contributed by atoms with Gasteiger partial charge in [-0.25, -0.2) is 4.79 Å². The first-order valence-corrected chi connectivity index (χ1v) is 5.34. The molecule has 0 saturated carbocycles. The van der Waals surface area contributed by atoms with Gasteiger partial charge in [0.1, 0.15) is 6.23 Å². The van der Waals surface area contributed by atoms with Crippen molar-refractivity contribution in [3.05, 3.63) is 32.9 Å². The molecule has 1 aliphatic heterocycles. The Morgan fingerprint density at radius 2 is 2.17 bits per heavy atom. The maximum Gasteiger partial charge on any atom is 0.330 e. The van der Waals surface area contributed by atoms with Crippen LogP contribution in [-0.2, 0) is 4.74 Å². The molecule has 1 aromatic rings. The molecule has 2 rings (SSSR count). The Morgan fingerprint density at radius 1 is 1.50 bits per heavy atom. The molecule has 0 unspecified atom stereocenters. The Balaban J connectivity index is 0.000000771. The molecular weight excluding hydrogens is 247 g/mol. The lowest BCUT2D eigenvalue weighted by atomic mass is 10.2. The summed E-state index contributed by atoms with van der Waals surface area (Å²) in [6.07, 6.45) is 0.944. The SMILES string of the molecule is CO.O=c1[nH]c(=O)n([C@H]2CC[C@@H](CO)O2)cc1F. The third kappa shape index (κ3) is 3.03. The number of aliphatic hydroxyl groups is 2. The zero-order valence-electron chi connectivity index (χ0n) is 9.80. The summed E-state index contributed by atoms with van der Waals surface area (Å²) in [4.78, 5) is 24.0. The van der Waals surface area contributed by atoms with Gasteiger partial charge >= 0.3 is 5.69 Å². The van der Waals surface area contributed by atoms with E-state index in [1.807, 2.05) is 4.98 Å². The highest BCUT2D eigenvalue weighted by Gasteiger charge is 2.27. The number of aromatic nitrogens is 2. The van der Waals surface area contributed by atoms with Crippen LogP contribution in [0.1, 0.15) is 19.1 Å². The molecule has 1 saturated heterocycles. The van der Waals surface area contributed by atoms with Crippen LogP contribution in [0.3, 0.4) is 0 Å². The van der Waals surface area contributed by atoms with E-state index in [9.17, 15) is 14.0 Å². The van der Waals surface area contributed by atoms with Crippen LogP contribution in [0.2, 0.25) is 0 Å². The van der Waals surface area contributed by atoms with Gasteiger partial charge < -0.3 is 14.9 Å². The lowest BCUT2D eigenvalue weighted by Gasteiger charge is -2.14. The summed E-state index contributed by atoms with van der Waals surface area (Å²) in [5, 5.41) is 15.9. The van der Waals surface area contributed by atoms with Crippen molar-refractivity contribution in [3.8, 4) is 0 Å². The molecule has 8 heteroatoms. The van der Waals surface area contributed by atoms with Gasteiger partial charge in [0, 0.05) is 7.11 Å². The molecule has 0 bridgehead atoms. The maximum atomic E-state index is 13.0. The molecule has 1 fully saturated rings. The zero-order chi connectivity index (χ0) is 13.7. The molecule has 18 heavy (non-hydrogen) atoms. The zero-order valence-corrected chi connectivity index (χ0v) is 9.80. The van der Waals surface area contributed by atoms with Gasteiger partial charge in [-0.05, 0) is 12.8 Å². The van der Waals surface area contributed by atoms with Crippen LogP contribution in [-0.4, -0.2) is 39.6 Å². The van der Waals surface area contributed by atoms with Crippen LogP contribution in [0.15, 0.2) is 15.8 Å². The van der Waals surface area contributed by atoms with E-state index in [1.54, 1.807) is 0 Å². The summed E-state index contributed by atoms with van der Waals surface area (Å²) in [5.74, 6) is -1.03. The number of rotatable bonds is 2. The van der Waals surface area contributed by atoms with Crippen molar-refractivity contribution < 1.29 is 19.3 Å². The van der Waals surface area contributed by atoms with Crippen LogP contribution in [0.5, 0.6) is 0 Å². The molecule has 1 aliphatic rings. The first kappa shape index (κ1) is 14.6. The average molecular weight is 262 g/mol. The number of aliphatic hydroxyl groups excluding tert-OH is 2. The Morgan fingerprint density at radius 3 is 2.72 bits per heavy atom. The lowest BCUT2D eigenvalue weighted by molar-refractivity contribution is -0.0250. The normalized spacial score (nSPS) is 22.4. The molecule has 2 atom stereocenters. The number of ether oxygens (including phenoxy) is 1. The molecule has 0 aromatic carbocycles. The van der Waals surface area contributed by atoms with Crippen LogP contribution in [0.4, 0.5) is 4.39 Å². The van der Waals surface area contributed by atoms with Crippen molar-refractivity contribution in [2.45, 2.75) is 25.2 Å². The van der Waals surface area contributed by atoms with Gasteiger partial charge in [-0.2, -0.15) is 4.39 Å². The molecule has 2 heterocycles. The van der Waals surface area contributed by atoms with Gasteiger partial charge in [0.15, 0.2) is 0 Å². The van der Waals surface area contributed by atoms with Gasteiger partial charge in [0.05, 0.1) is 18.9 Å². The van der Waals surface area contributed by atoms with E-state index in [4.69, 9.17) is 14.9 Å². The van der Waals surface area contributed by atoms with Crippen molar-refractivity contribution in [2.24, 2.45) is 0 Å². The number of nitrogens with zero attached hydrogens (tertiary/aromatic N) is 1. The number of H-pyrrole nitrogens is 1. The number of hydrogen-bond donors (Lipinski definition) is 3. The van der Waals surface area contributed by atoms with E-state index >= 15 is 0 Å². The summed E-state index contributed by atoms with van der Waals surface area (Å²) in [7, 11) is 1.00. The third-order valence-electron chi connectivity index (χ3n) is 2.52.